The summed E-state index contributed by atoms with van der Waals surface area (Å²) in [6, 6.07) is 0. The van der Waals surface area contributed by atoms with Gasteiger partial charge in [0, 0.05) is 26.2 Å². The Morgan fingerprint density at radius 3 is 2.50 bits per heavy atom. The zero-order valence-corrected chi connectivity index (χ0v) is 19.5. The van der Waals surface area contributed by atoms with Crippen molar-refractivity contribution in [2.24, 2.45) is 34.5 Å². The van der Waals surface area contributed by atoms with E-state index < -0.39 is 11.8 Å². The summed E-state index contributed by atoms with van der Waals surface area (Å²) >= 11 is 0. The number of carbonyl (C=O) groups is 3. The van der Waals surface area contributed by atoms with Crippen molar-refractivity contribution in [1.29, 1.82) is 0 Å². The minimum Gasteiger partial charge on any atom is -0.481 e. The van der Waals surface area contributed by atoms with E-state index >= 15 is 0 Å². The maximum absolute atomic E-state index is 13.0. The molecule has 6 heteroatoms. The normalized spacial score (nSPS) is 41.5. The lowest BCUT2D eigenvalue weighted by Crippen LogP contribution is -2.52. The molecule has 0 aromatic rings. The molecule has 5 rings (SSSR count). The molecule has 0 bridgehead atoms. The average molecular weight is 443 g/mol. The number of carbonyl (C=O) groups excluding carboxylic acids is 2. The standard InChI is InChI=1S/C26H34O6/c1-24(2)31-22-20(28)13-14-5-6-15-16-7-8-18(19(27)9-10-21(29)30)25(16,3)12-11-17(15)26(14,4)23(22)32-24/h13,15-18H,5-12H2,1-4H3,(H,29,30)/t15-,16-,17-,18-,25-,26-/m0/s1. The molecule has 0 aromatic heterocycles. The smallest absolute Gasteiger partial charge is 0.303 e. The fourth-order valence-corrected chi connectivity index (χ4v) is 8.03. The number of carboxylic acids is 1. The van der Waals surface area contributed by atoms with Gasteiger partial charge in [-0.2, -0.15) is 0 Å². The van der Waals surface area contributed by atoms with Crippen molar-refractivity contribution in [3.05, 3.63) is 23.2 Å². The largest absolute Gasteiger partial charge is 0.481 e. The molecule has 174 valence electrons. The van der Waals surface area contributed by atoms with Crippen molar-refractivity contribution >= 4 is 17.5 Å². The van der Waals surface area contributed by atoms with E-state index in [-0.39, 0.29) is 41.2 Å². The van der Waals surface area contributed by atoms with E-state index in [0.717, 1.165) is 44.3 Å². The highest BCUT2D eigenvalue weighted by Gasteiger charge is 2.63. The third-order valence-electron chi connectivity index (χ3n) is 9.47. The number of Topliss-reactive ketones (excluding diaryl/α,β-unsaturated/α-hetero) is 1. The van der Waals surface area contributed by atoms with Gasteiger partial charge in [-0.15, -0.1) is 0 Å². The lowest BCUT2D eigenvalue weighted by molar-refractivity contribution is -0.143. The SMILES string of the molecule is CC1(C)OC2=C(O1)[C@@]1(C)C(=CC2=O)CC[C@@H]2[C@@H]1CC[C@]1(C)[C@H](C(=O)CCC(=O)O)CC[C@@H]21. The number of hydrogen-bond donors (Lipinski definition) is 1. The topological polar surface area (TPSA) is 89.9 Å². The third-order valence-corrected chi connectivity index (χ3v) is 9.47. The van der Waals surface area contributed by atoms with Crippen molar-refractivity contribution in [1.82, 2.24) is 0 Å². The molecule has 1 N–H and O–H groups in total. The maximum atomic E-state index is 13.0. The summed E-state index contributed by atoms with van der Waals surface area (Å²) in [5.41, 5.74) is 0.758. The van der Waals surface area contributed by atoms with Gasteiger partial charge < -0.3 is 14.6 Å². The van der Waals surface area contributed by atoms with Gasteiger partial charge in [0.2, 0.25) is 17.3 Å². The van der Waals surface area contributed by atoms with Crippen molar-refractivity contribution in [3.63, 3.8) is 0 Å². The zero-order chi connectivity index (χ0) is 23.1. The van der Waals surface area contributed by atoms with Crippen LogP contribution in [0.2, 0.25) is 0 Å². The van der Waals surface area contributed by atoms with Crippen LogP contribution in [0.1, 0.15) is 79.1 Å². The van der Waals surface area contributed by atoms with Gasteiger partial charge in [0.15, 0.2) is 5.76 Å². The van der Waals surface area contributed by atoms with Crippen LogP contribution < -0.4 is 0 Å². The Labute approximate surface area is 189 Å². The van der Waals surface area contributed by atoms with Gasteiger partial charge in [-0.1, -0.05) is 12.5 Å². The van der Waals surface area contributed by atoms with Gasteiger partial charge >= 0.3 is 5.97 Å². The summed E-state index contributed by atoms with van der Waals surface area (Å²) in [6.45, 7) is 8.20. The summed E-state index contributed by atoms with van der Waals surface area (Å²) in [4.78, 5) is 36.7. The first-order valence-electron chi connectivity index (χ1n) is 12.1. The van der Waals surface area contributed by atoms with E-state index in [1.54, 1.807) is 6.08 Å². The van der Waals surface area contributed by atoms with E-state index in [0.29, 0.717) is 23.5 Å². The Kier molecular flexibility index (Phi) is 4.71. The van der Waals surface area contributed by atoms with Crippen LogP contribution in [0.15, 0.2) is 23.2 Å². The number of ether oxygens (including phenoxy) is 2. The van der Waals surface area contributed by atoms with Crippen LogP contribution in [0.3, 0.4) is 0 Å². The molecule has 1 aliphatic heterocycles. The number of ketones is 2. The molecular formula is C26H34O6. The van der Waals surface area contributed by atoms with E-state index in [2.05, 4.69) is 13.8 Å². The van der Waals surface area contributed by atoms with Crippen molar-refractivity contribution in [2.45, 2.75) is 84.8 Å². The molecular weight excluding hydrogens is 408 g/mol. The molecule has 0 aromatic carbocycles. The molecule has 3 fully saturated rings. The molecule has 0 amide bonds. The molecule has 0 radical (unpaired) electrons. The maximum Gasteiger partial charge on any atom is 0.303 e. The molecule has 0 saturated heterocycles. The summed E-state index contributed by atoms with van der Waals surface area (Å²) in [5, 5.41) is 9.02. The second kappa shape index (κ2) is 6.94. The van der Waals surface area contributed by atoms with Crippen LogP contribution in [0, 0.1) is 34.5 Å². The Bertz CT molecular complexity index is 957. The van der Waals surface area contributed by atoms with Gasteiger partial charge in [-0.25, -0.2) is 0 Å². The molecule has 0 spiro atoms. The first-order valence-corrected chi connectivity index (χ1v) is 12.1. The molecule has 5 aliphatic rings. The van der Waals surface area contributed by atoms with Crippen LogP contribution in [0.25, 0.3) is 0 Å². The fourth-order valence-electron chi connectivity index (χ4n) is 8.03. The van der Waals surface area contributed by atoms with Crippen LogP contribution in [0.4, 0.5) is 0 Å². The first-order chi connectivity index (χ1) is 15.0. The van der Waals surface area contributed by atoms with Crippen LogP contribution in [-0.4, -0.2) is 28.4 Å². The number of allylic oxidation sites excluding steroid dienone is 2. The van der Waals surface area contributed by atoms with Crippen LogP contribution in [0.5, 0.6) is 0 Å². The van der Waals surface area contributed by atoms with Crippen LogP contribution >= 0.6 is 0 Å². The van der Waals surface area contributed by atoms with E-state index in [1.807, 2.05) is 13.8 Å². The summed E-state index contributed by atoms with van der Waals surface area (Å²) in [7, 11) is 0. The monoisotopic (exact) mass is 442 g/mol. The molecule has 0 unspecified atom stereocenters. The second-order valence-corrected chi connectivity index (χ2v) is 11.4. The second-order valence-electron chi connectivity index (χ2n) is 11.4. The lowest BCUT2D eigenvalue weighted by atomic mass is 9.47. The first kappa shape index (κ1) is 21.7. The van der Waals surface area contributed by atoms with Gasteiger partial charge in [0.05, 0.1) is 11.8 Å². The van der Waals surface area contributed by atoms with Gasteiger partial charge in [-0.05, 0) is 74.7 Å². The van der Waals surface area contributed by atoms with Crippen molar-refractivity contribution in [3.8, 4) is 0 Å². The zero-order valence-electron chi connectivity index (χ0n) is 19.5. The van der Waals surface area contributed by atoms with Gasteiger partial charge in [0.1, 0.15) is 5.78 Å². The number of carboxylic acid groups (broad SMARTS) is 1. The number of rotatable bonds is 4. The van der Waals surface area contributed by atoms with E-state index in [1.165, 1.54) is 5.57 Å². The minimum absolute atomic E-state index is 0.0368. The lowest BCUT2D eigenvalue weighted by Gasteiger charge is -2.57. The quantitative estimate of drug-likeness (QED) is 0.674. The number of fused-ring (bicyclic) bond motifs is 6. The predicted octanol–water partition coefficient (Wildman–Crippen LogP) is 4.78. The Balaban J connectivity index is 1.45. The molecule has 32 heavy (non-hydrogen) atoms. The van der Waals surface area contributed by atoms with Crippen molar-refractivity contribution < 1.29 is 29.0 Å². The summed E-state index contributed by atoms with van der Waals surface area (Å²) in [6.07, 6.45) is 7.56. The van der Waals surface area contributed by atoms with E-state index in [9.17, 15) is 14.4 Å². The Hall–Kier alpha value is -2.11. The minimum atomic E-state index is -0.904. The number of hydrogen-bond acceptors (Lipinski definition) is 5. The molecule has 6 nitrogen and oxygen atoms in total. The highest BCUT2D eigenvalue weighted by atomic mass is 16.7. The number of aliphatic carboxylic acids is 1. The molecule has 6 atom stereocenters. The molecule has 1 heterocycles. The third kappa shape index (κ3) is 2.94. The fraction of sp³-hybridized carbons (Fsp3) is 0.731. The highest BCUT2D eigenvalue weighted by Crippen LogP contribution is 2.68. The summed E-state index contributed by atoms with van der Waals surface area (Å²) < 4.78 is 12.2. The predicted molar refractivity (Wildman–Crippen MR) is 116 cm³/mol. The Morgan fingerprint density at radius 2 is 1.78 bits per heavy atom. The summed E-state index contributed by atoms with van der Waals surface area (Å²) in [5.74, 6) is 0.616. The Morgan fingerprint density at radius 1 is 1.03 bits per heavy atom. The van der Waals surface area contributed by atoms with Gasteiger partial charge in [0.25, 0.3) is 0 Å². The molecule has 4 aliphatic carbocycles. The van der Waals surface area contributed by atoms with Crippen molar-refractivity contribution in [2.75, 3.05) is 0 Å². The van der Waals surface area contributed by atoms with E-state index in [4.69, 9.17) is 14.6 Å². The van der Waals surface area contributed by atoms with Crippen LogP contribution in [-0.2, 0) is 23.9 Å². The average Bonchev–Trinajstić information content (AvgIpc) is 3.24. The molecule has 3 saturated carbocycles. The highest BCUT2D eigenvalue weighted by molar-refractivity contribution is 6.05. The van der Waals surface area contributed by atoms with Gasteiger partial charge in [-0.3, -0.25) is 14.4 Å².